The highest BCUT2D eigenvalue weighted by Gasteiger charge is 2.52. The molecule has 0 unspecified atom stereocenters. The molecular formula is C18H26N2O4. The number of nitrogens with zero attached hydrogens (tertiary/aromatic N) is 2. The Labute approximate surface area is 142 Å². The lowest BCUT2D eigenvalue weighted by Crippen LogP contribution is -2.65. The van der Waals surface area contributed by atoms with Gasteiger partial charge in [0.05, 0.1) is 18.8 Å². The van der Waals surface area contributed by atoms with E-state index in [1.54, 1.807) is 15.9 Å². The molecule has 4 aliphatic rings. The maximum atomic E-state index is 12.9. The second-order valence-corrected chi connectivity index (χ2v) is 7.46. The fourth-order valence-electron chi connectivity index (χ4n) is 4.12. The molecule has 0 bridgehead atoms. The van der Waals surface area contributed by atoms with Crippen molar-refractivity contribution in [2.24, 2.45) is 5.92 Å². The van der Waals surface area contributed by atoms with Gasteiger partial charge in [0.15, 0.2) is 0 Å². The molecule has 4 atom stereocenters. The van der Waals surface area contributed by atoms with Gasteiger partial charge in [-0.25, -0.2) is 0 Å². The van der Waals surface area contributed by atoms with Gasteiger partial charge in [0.25, 0.3) is 0 Å². The highest BCUT2D eigenvalue weighted by Crippen LogP contribution is 2.35. The highest BCUT2D eigenvalue weighted by atomic mass is 16.5. The van der Waals surface area contributed by atoms with E-state index in [0.29, 0.717) is 38.5 Å². The van der Waals surface area contributed by atoms with Crippen LogP contribution in [0.4, 0.5) is 0 Å². The van der Waals surface area contributed by atoms with E-state index in [9.17, 15) is 9.59 Å². The van der Waals surface area contributed by atoms with Crippen molar-refractivity contribution < 1.29 is 19.1 Å². The molecule has 0 N–H and O–H groups in total. The number of carbonyl (C=O) groups is 2. The van der Waals surface area contributed by atoms with E-state index in [-0.39, 0.29) is 36.1 Å². The number of hydrogen-bond donors (Lipinski definition) is 0. The van der Waals surface area contributed by atoms with Gasteiger partial charge in [-0.3, -0.25) is 9.59 Å². The van der Waals surface area contributed by atoms with Gasteiger partial charge >= 0.3 is 0 Å². The van der Waals surface area contributed by atoms with Crippen LogP contribution < -0.4 is 0 Å². The summed E-state index contributed by atoms with van der Waals surface area (Å²) in [6.45, 7) is 6.09. The van der Waals surface area contributed by atoms with Crippen LogP contribution in [0, 0.1) is 5.92 Å². The quantitative estimate of drug-likeness (QED) is 0.679. The molecule has 24 heavy (non-hydrogen) atoms. The number of piperazine rings is 1. The average Bonchev–Trinajstić information content (AvgIpc) is 3.33. The van der Waals surface area contributed by atoms with E-state index in [1.807, 2.05) is 0 Å². The Morgan fingerprint density at radius 3 is 2.46 bits per heavy atom. The van der Waals surface area contributed by atoms with Gasteiger partial charge in [-0.15, -0.1) is 6.58 Å². The fourth-order valence-corrected chi connectivity index (χ4v) is 4.12. The first kappa shape index (κ1) is 16.1. The van der Waals surface area contributed by atoms with Crippen LogP contribution in [0.15, 0.2) is 12.7 Å². The molecule has 0 radical (unpaired) electrons. The third kappa shape index (κ3) is 2.97. The molecule has 0 spiro atoms. The summed E-state index contributed by atoms with van der Waals surface area (Å²) in [5, 5.41) is 0. The summed E-state index contributed by atoms with van der Waals surface area (Å²) in [6, 6.07) is -0.678. The number of carbonyl (C=O) groups excluding carboxylic acids is 2. The van der Waals surface area contributed by atoms with Crippen LogP contribution in [0.3, 0.4) is 0 Å². The molecule has 3 saturated heterocycles. The molecule has 4 rings (SSSR count). The molecule has 6 heteroatoms. The smallest absolute Gasteiger partial charge is 0.246 e. The molecule has 132 valence electrons. The summed E-state index contributed by atoms with van der Waals surface area (Å²) in [4.78, 5) is 29.3. The molecule has 2 amide bonds. The Morgan fingerprint density at radius 2 is 1.71 bits per heavy atom. The predicted molar refractivity (Wildman–Crippen MR) is 87.3 cm³/mol. The van der Waals surface area contributed by atoms with Crippen LogP contribution in [-0.2, 0) is 19.1 Å². The normalized spacial score (nSPS) is 35.8. The Morgan fingerprint density at radius 1 is 1.00 bits per heavy atom. The molecule has 0 aromatic heterocycles. The lowest BCUT2D eigenvalue weighted by atomic mass is 9.94. The summed E-state index contributed by atoms with van der Waals surface area (Å²) in [5.74, 6) is 0.867. The summed E-state index contributed by atoms with van der Waals surface area (Å²) < 4.78 is 11.7. The van der Waals surface area contributed by atoms with Gasteiger partial charge in [-0.1, -0.05) is 6.08 Å². The standard InChI is InChI=1S/C18H26N2O4/c1-2-7-23-13-5-6-19-15(8-13)18(22)20-10-14(9-16(20)17(19)21)24-11-12-3-4-12/h2,12-16H,1,3-11H2/t13-,14-,15+,16+/m1/s1. The lowest BCUT2D eigenvalue weighted by Gasteiger charge is -2.46. The molecule has 3 heterocycles. The average molecular weight is 334 g/mol. The second kappa shape index (κ2) is 6.48. The molecule has 0 aromatic carbocycles. The number of ether oxygens (including phenoxy) is 2. The lowest BCUT2D eigenvalue weighted by molar-refractivity contribution is -0.164. The van der Waals surface area contributed by atoms with E-state index in [0.717, 1.165) is 13.0 Å². The molecule has 1 aliphatic carbocycles. The number of amides is 2. The van der Waals surface area contributed by atoms with Gasteiger partial charge in [-0.05, 0) is 25.2 Å². The number of hydrogen-bond acceptors (Lipinski definition) is 4. The molecular weight excluding hydrogens is 308 g/mol. The van der Waals surface area contributed by atoms with Crippen LogP contribution in [0.25, 0.3) is 0 Å². The summed E-state index contributed by atoms with van der Waals surface area (Å²) >= 11 is 0. The maximum absolute atomic E-state index is 12.9. The third-order valence-corrected chi connectivity index (χ3v) is 5.67. The van der Waals surface area contributed by atoms with Gasteiger partial charge in [0, 0.05) is 32.5 Å². The van der Waals surface area contributed by atoms with Crippen LogP contribution in [0.1, 0.15) is 32.1 Å². The predicted octanol–water partition coefficient (Wildman–Crippen LogP) is 0.958. The fraction of sp³-hybridized carbons (Fsp3) is 0.778. The first-order valence-corrected chi connectivity index (χ1v) is 9.12. The van der Waals surface area contributed by atoms with Crippen molar-refractivity contribution in [1.82, 2.24) is 9.80 Å². The summed E-state index contributed by atoms with van der Waals surface area (Å²) in [5.41, 5.74) is 0. The first-order valence-electron chi connectivity index (χ1n) is 9.12. The zero-order chi connectivity index (χ0) is 16.7. The van der Waals surface area contributed by atoms with E-state index in [4.69, 9.17) is 9.47 Å². The Balaban J connectivity index is 1.41. The van der Waals surface area contributed by atoms with Crippen molar-refractivity contribution in [3.8, 4) is 0 Å². The van der Waals surface area contributed by atoms with E-state index >= 15 is 0 Å². The monoisotopic (exact) mass is 334 g/mol. The maximum Gasteiger partial charge on any atom is 0.246 e. The molecule has 1 saturated carbocycles. The minimum Gasteiger partial charge on any atom is -0.376 e. The highest BCUT2D eigenvalue weighted by molar-refractivity contribution is 5.97. The van der Waals surface area contributed by atoms with Gasteiger partial charge in [0.1, 0.15) is 12.1 Å². The van der Waals surface area contributed by atoms with Crippen LogP contribution in [0.2, 0.25) is 0 Å². The van der Waals surface area contributed by atoms with E-state index in [2.05, 4.69) is 6.58 Å². The number of fused-ring (bicyclic) bond motifs is 2. The molecule has 4 fully saturated rings. The molecule has 0 aromatic rings. The molecule has 3 aliphatic heterocycles. The van der Waals surface area contributed by atoms with Gasteiger partial charge < -0.3 is 19.3 Å². The van der Waals surface area contributed by atoms with Crippen molar-refractivity contribution in [1.29, 1.82) is 0 Å². The van der Waals surface area contributed by atoms with Crippen LogP contribution in [0.5, 0.6) is 0 Å². The first-order chi connectivity index (χ1) is 11.7. The SMILES string of the molecule is C=CCO[C@@H]1CCN2C(=O)[C@@H]3C[C@@H](OCC4CC4)CN3C(=O)[C@@H]2C1. The van der Waals surface area contributed by atoms with Crippen LogP contribution >= 0.6 is 0 Å². The topological polar surface area (TPSA) is 59.1 Å². The summed E-state index contributed by atoms with van der Waals surface area (Å²) in [7, 11) is 0. The molecule has 6 nitrogen and oxygen atoms in total. The van der Waals surface area contributed by atoms with Crippen molar-refractivity contribution in [3.63, 3.8) is 0 Å². The minimum absolute atomic E-state index is 0.0117. The zero-order valence-corrected chi connectivity index (χ0v) is 14.1. The number of rotatable bonds is 6. The van der Waals surface area contributed by atoms with E-state index < -0.39 is 0 Å². The minimum atomic E-state index is -0.362. The van der Waals surface area contributed by atoms with Gasteiger partial charge in [-0.2, -0.15) is 0 Å². The largest absolute Gasteiger partial charge is 0.376 e. The van der Waals surface area contributed by atoms with Crippen molar-refractivity contribution in [2.75, 3.05) is 26.3 Å². The second-order valence-electron chi connectivity index (χ2n) is 7.46. The van der Waals surface area contributed by atoms with Gasteiger partial charge in [0.2, 0.25) is 11.8 Å². The van der Waals surface area contributed by atoms with E-state index in [1.165, 1.54) is 12.8 Å². The summed E-state index contributed by atoms with van der Waals surface area (Å²) in [6.07, 6.45) is 6.29. The Bertz CT molecular complexity index is 533. The van der Waals surface area contributed by atoms with Crippen molar-refractivity contribution in [3.05, 3.63) is 12.7 Å². The third-order valence-electron chi connectivity index (χ3n) is 5.67. The Hall–Kier alpha value is -1.40. The van der Waals surface area contributed by atoms with Crippen molar-refractivity contribution >= 4 is 11.8 Å². The Kier molecular flexibility index (Phi) is 4.35. The zero-order valence-electron chi connectivity index (χ0n) is 14.1. The number of piperidine rings is 1. The van der Waals surface area contributed by atoms with Crippen LogP contribution in [-0.4, -0.2) is 72.2 Å². The van der Waals surface area contributed by atoms with Crippen molar-refractivity contribution in [2.45, 2.75) is 56.4 Å².